The first-order chi connectivity index (χ1) is 16.3. The predicted octanol–water partition coefficient (Wildman–Crippen LogP) is 7.97. The first kappa shape index (κ1) is 22.1. The smallest absolute Gasteiger partial charge is 0.0461 e. The van der Waals surface area contributed by atoms with E-state index in [-0.39, 0.29) is 0 Å². The summed E-state index contributed by atoms with van der Waals surface area (Å²) < 4.78 is 0. The number of benzene rings is 5. The van der Waals surface area contributed by atoms with Gasteiger partial charge in [0.1, 0.15) is 0 Å². The standard InChI is InChI=1S/C18H15N.C13H13N/c1-4-10-16(11-5-1)19(17-12-6-2-7-13-17)18-14-8-3-9-15-18;14-10-11-5-4-8-13(9-11)12-6-2-1-3-7-12/h1-15H;1-9H,10,14H2. The highest BCUT2D eigenvalue weighted by molar-refractivity contribution is 5.76. The zero-order chi connectivity index (χ0) is 22.7. The van der Waals surface area contributed by atoms with Crippen LogP contribution in [0.2, 0.25) is 0 Å². The van der Waals surface area contributed by atoms with E-state index in [4.69, 9.17) is 5.73 Å². The van der Waals surface area contributed by atoms with Gasteiger partial charge < -0.3 is 10.6 Å². The fourth-order valence-electron chi connectivity index (χ4n) is 3.69. The molecule has 2 heteroatoms. The van der Waals surface area contributed by atoms with Gasteiger partial charge in [-0.3, -0.25) is 0 Å². The summed E-state index contributed by atoms with van der Waals surface area (Å²) in [6.45, 7) is 0.598. The fourth-order valence-corrected chi connectivity index (χ4v) is 3.69. The van der Waals surface area contributed by atoms with Gasteiger partial charge in [-0.1, -0.05) is 103 Å². The summed E-state index contributed by atoms with van der Waals surface area (Å²) in [6, 6.07) is 49.9. The molecule has 0 aliphatic rings. The van der Waals surface area contributed by atoms with Gasteiger partial charge in [0.15, 0.2) is 0 Å². The van der Waals surface area contributed by atoms with Gasteiger partial charge in [0.05, 0.1) is 0 Å². The number of anilines is 3. The molecule has 0 aliphatic carbocycles. The monoisotopic (exact) mass is 428 g/mol. The highest BCUT2D eigenvalue weighted by Gasteiger charge is 2.10. The molecule has 0 aliphatic heterocycles. The highest BCUT2D eigenvalue weighted by Crippen LogP contribution is 2.33. The molecule has 5 aromatic rings. The van der Waals surface area contributed by atoms with Gasteiger partial charge in [-0.15, -0.1) is 0 Å². The third-order valence-electron chi connectivity index (χ3n) is 5.31. The van der Waals surface area contributed by atoms with Crippen LogP contribution in [-0.2, 0) is 6.54 Å². The molecule has 0 fully saturated rings. The zero-order valence-electron chi connectivity index (χ0n) is 18.6. The van der Waals surface area contributed by atoms with E-state index in [1.807, 2.05) is 48.5 Å². The van der Waals surface area contributed by atoms with Gasteiger partial charge >= 0.3 is 0 Å². The van der Waals surface area contributed by atoms with Gasteiger partial charge in [-0.25, -0.2) is 0 Å². The van der Waals surface area contributed by atoms with E-state index in [0.29, 0.717) is 6.54 Å². The minimum atomic E-state index is 0.598. The molecule has 0 unspecified atom stereocenters. The van der Waals surface area contributed by atoms with Crippen LogP contribution >= 0.6 is 0 Å². The maximum Gasteiger partial charge on any atom is 0.0461 e. The molecule has 0 amide bonds. The molecule has 0 radical (unpaired) electrons. The van der Waals surface area contributed by atoms with Crippen molar-refractivity contribution >= 4 is 17.1 Å². The Balaban J connectivity index is 0.000000165. The maximum atomic E-state index is 5.60. The lowest BCUT2D eigenvalue weighted by atomic mass is 10.0. The second kappa shape index (κ2) is 11.5. The second-order valence-corrected chi connectivity index (χ2v) is 7.61. The Morgan fingerprint density at radius 3 is 1.24 bits per heavy atom. The summed E-state index contributed by atoms with van der Waals surface area (Å²) in [5, 5.41) is 0. The van der Waals surface area contributed by atoms with E-state index in [1.165, 1.54) is 33.8 Å². The van der Waals surface area contributed by atoms with E-state index in [1.54, 1.807) is 0 Å². The Labute approximate surface area is 196 Å². The molecule has 0 saturated carbocycles. The van der Waals surface area contributed by atoms with E-state index in [9.17, 15) is 0 Å². The Kier molecular flexibility index (Phi) is 7.67. The van der Waals surface area contributed by atoms with Crippen LogP contribution in [0, 0.1) is 0 Å². The highest BCUT2D eigenvalue weighted by atomic mass is 15.1. The second-order valence-electron chi connectivity index (χ2n) is 7.61. The van der Waals surface area contributed by atoms with Crippen LogP contribution in [-0.4, -0.2) is 0 Å². The van der Waals surface area contributed by atoms with Crippen molar-refractivity contribution in [3.05, 3.63) is 151 Å². The summed E-state index contributed by atoms with van der Waals surface area (Å²) in [6.07, 6.45) is 0. The first-order valence-corrected chi connectivity index (χ1v) is 11.1. The summed E-state index contributed by atoms with van der Waals surface area (Å²) in [7, 11) is 0. The fraction of sp³-hybridized carbons (Fsp3) is 0.0323. The van der Waals surface area contributed by atoms with E-state index >= 15 is 0 Å². The summed E-state index contributed by atoms with van der Waals surface area (Å²) in [5.41, 5.74) is 12.7. The molecule has 0 heterocycles. The number of rotatable bonds is 5. The molecule has 5 rings (SSSR count). The Hall–Kier alpha value is -4.14. The van der Waals surface area contributed by atoms with Gasteiger partial charge in [0, 0.05) is 23.6 Å². The van der Waals surface area contributed by atoms with Crippen LogP contribution in [0.15, 0.2) is 146 Å². The van der Waals surface area contributed by atoms with Crippen molar-refractivity contribution in [2.75, 3.05) is 4.90 Å². The van der Waals surface area contributed by atoms with Crippen molar-refractivity contribution < 1.29 is 0 Å². The molecule has 0 aromatic heterocycles. The molecule has 0 spiro atoms. The molecule has 0 bridgehead atoms. The SMILES string of the molecule is NCc1cccc(-c2ccccc2)c1.c1ccc(N(c2ccccc2)c2ccccc2)cc1. The topological polar surface area (TPSA) is 29.3 Å². The molecule has 0 saturated heterocycles. The minimum Gasteiger partial charge on any atom is -0.326 e. The first-order valence-electron chi connectivity index (χ1n) is 11.1. The van der Waals surface area contributed by atoms with Crippen LogP contribution in [0.5, 0.6) is 0 Å². The van der Waals surface area contributed by atoms with Gasteiger partial charge in [0.25, 0.3) is 0 Å². The molecule has 0 atom stereocenters. The normalized spacial score (nSPS) is 10.1. The van der Waals surface area contributed by atoms with E-state index < -0.39 is 0 Å². The van der Waals surface area contributed by atoms with Crippen molar-refractivity contribution in [2.45, 2.75) is 6.54 Å². The predicted molar refractivity (Wildman–Crippen MR) is 141 cm³/mol. The lowest BCUT2D eigenvalue weighted by molar-refractivity contribution is 1.07. The van der Waals surface area contributed by atoms with Gasteiger partial charge in [0.2, 0.25) is 0 Å². The largest absolute Gasteiger partial charge is 0.326 e. The summed E-state index contributed by atoms with van der Waals surface area (Å²) >= 11 is 0. The van der Waals surface area contributed by atoms with Crippen LogP contribution in [0.1, 0.15) is 5.56 Å². The number of para-hydroxylation sites is 3. The molecule has 162 valence electrons. The average Bonchev–Trinajstić information content (AvgIpc) is 2.92. The molecule has 2 N–H and O–H groups in total. The summed E-state index contributed by atoms with van der Waals surface area (Å²) in [5.74, 6) is 0. The average molecular weight is 429 g/mol. The molecular weight excluding hydrogens is 400 g/mol. The van der Waals surface area contributed by atoms with Crippen molar-refractivity contribution in [3.63, 3.8) is 0 Å². The molecule has 5 aromatic carbocycles. The van der Waals surface area contributed by atoms with E-state index in [2.05, 4.69) is 102 Å². The van der Waals surface area contributed by atoms with Crippen molar-refractivity contribution in [1.82, 2.24) is 0 Å². The van der Waals surface area contributed by atoms with Crippen molar-refractivity contribution in [3.8, 4) is 11.1 Å². The third-order valence-corrected chi connectivity index (χ3v) is 5.31. The van der Waals surface area contributed by atoms with Crippen LogP contribution in [0.4, 0.5) is 17.1 Å². The number of hydrogen-bond acceptors (Lipinski definition) is 2. The van der Waals surface area contributed by atoms with Gasteiger partial charge in [-0.2, -0.15) is 0 Å². The maximum absolute atomic E-state index is 5.60. The third kappa shape index (κ3) is 5.97. The number of hydrogen-bond donors (Lipinski definition) is 1. The lowest BCUT2D eigenvalue weighted by Crippen LogP contribution is -2.09. The Morgan fingerprint density at radius 1 is 0.424 bits per heavy atom. The zero-order valence-corrected chi connectivity index (χ0v) is 18.6. The number of nitrogens with zero attached hydrogens (tertiary/aromatic N) is 1. The molecular formula is C31H28N2. The minimum absolute atomic E-state index is 0.598. The van der Waals surface area contributed by atoms with E-state index in [0.717, 1.165) is 0 Å². The van der Waals surface area contributed by atoms with Gasteiger partial charge in [-0.05, 0) is 59.2 Å². The van der Waals surface area contributed by atoms with Crippen LogP contribution in [0.3, 0.4) is 0 Å². The molecule has 2 nitrogen and oxygen atoms in total. The van der Waals surface area contributed by atoms with Crippen LogP contribution < -0.4 is 10.6 Å². The number of nitrogens with two attached hydrogens (primary N) is 1. The lowest BCUT2D eigenvalue weighted by Gasteiger charge is -2.25. The van der Waals surface area contributed by atoms with Crippen LogP contribution in [0.25, 0.3) is 11.1 Å². The molecule has 33 heavy (non-hydrogen) atoms. The van der Waals surface area contributed by atoms with Crippen molar-refractivity contribution in [1.29, 1.82) is 0 Å². The Bertz CT molecular complexity index is 1130. The van der Waals surface area contributed by atoms with Crippen molar-refractivity contribution in [2.24, 2.45) is 5.73 Å². The summed E-state index contributed by atoms with van der Waals surface area (Å²) in [4.78, 5) is 2.25. The quantitative estimate of drug-likeness (QED) is 0.307. The Morgan fingerprint density at radius 2 is 0.818 bits per heavy atom.